The van der Waals surface area contributed by atoms with Crippen molar-refractivity contribution in [3.05, 3.63) is 53.3 Å². The molecule has 0 aliphatic carbocycles. The van der Waals surface area contributed by atoms with Gasteiger partial charge in [-0.1, -0.05) is 23.7 Å². The number of hydrogen-bond acceptors (Lipinski definition) is 5. The molecule has 3 rings (SSSR count). The minimum atomic E-state index is -0.492. The maximum absolute atomic E-state index is 12.5. The first kappa shape index (κ1) is 19.6. The van der Waals surface area contributed by atoms with Crippen LogP contribution in [0.1, 0.15) is 10.4 Å². The van der Waals surface area contributed by atoms with Gasteiger partial charge in [0, 0.05) is 43.5 Å². The van der Waals surface area contributed by atoms with Gasteiger partial charge in [-0.25, -0.2) is 14.8 Å². The van der Waals surface area contributed by atoms with Gasteiger partial charge in [0.15, 0.2) is 0 Å². The molecule has 0 fully saturated rings. The van der Waals surface area contributed by atoms with Gasteiger partial charge in [0.2, 0.25) is 0 Å². The summed E-state index contributed by atoms with van der Waals surface area (Å²) in [4.78, 5) is 23.6. The first-order valence-electron chi connectivity index (χ1n) is 8.48. The van der Waals surface area contributed by atoms with Crippen LogP contribution in [-0.4, -0.2) is 53.2 Å². The van der Waals surface area contributed by atoms with Crippen molar-refractivity contribution in [2.75, 3.05) is 21.2 Å². The molecule has 8 heteroatoms. The van der Waals surface area contributed by atoms with E-state index in [9.17, 15) is 4.79 Å². The topological polar surface area (TPSA) is 72.6 Å². The molecule has 0 aliphatic heterocycles. The number of aliphatic imine (C=N–C) groups is 1. The minimum Gasteiger partial charge on any atom is -0.465 e. The Hall–Kier alpha value is -3.19. The highest BCUT2D eigenvalue weighted by atomic mass is 35.5. The smallest absolute Gasteiger partial charge is 0.340 e. The molecule has 2 aromatic heterocycles. The quantitative estimate of drug-likeness (QED) is 0.372. The van der Waals surface area contributed by atoms with Gasteiger partial charge in [0.1, 0.15) is 11.4 Å². The molecule has 2 heterocycles. The number of methoxy groups -OCH3 is 1. The van der Waals surface area contributed by atoms with Crippen LogP contribution in [0.15, 0.2) is 47.7 Å². The van der Waals surface area contributed by atoms with Crippen molar-refractivity contribution in [2.24, 2.45) is 12.0 Å². The standard InChI is InChI=1S/C20H20ClN5O2/c1-25(2)12-22-19-16(20(27)28-4)9-17(13-5-7-15(21)8-6-13)24-18(19)14-10-23-26(3)11-14/h5-12H,1-4H3. The average Bonchev–Trinajstić information content (AvgIpc) is 3.11. The largest absolute Gasteiger partial charge is 0.465 e. The molecule has 3 aromatic rings. The number of hydrogen-bond donors (Lipinski definition) is 0. The van der Waals surface area contributed by atoms with Gasteiger partial charge in [-0.15, -0.1) is 0 Å². The Kier molecular flexibility index (Phi) is 5.75. The summed E-state index contributed by atoms with van der Waals surface area (Å²) in [7, 11) is 6.85. The second-order valence-corrected chi connectivity index (χ2v) is 6.80. The van der Waals surface area contributed by atoms with E-state index in [0.717, 1.165) is 11.1 Å². The number of ether oxygens (including phenoxy) is 1. The van der Waals surface area contributed by atoms with E-state index in [4.69, 9.17) is 21.3 Å². The molecular weight excluding hydrogens is 378 g/mol. The van der Waals surface area contributed by atoms with Crippen LogP contribution in [0.3, 0.4) is 0 Å². The predicted octanol–water partition coefficient (Wildman–Crippen LogP) is 3.81. The summed E-state index contributed by atoms with van der Waals surface area (Å²) in [6.07, 6.45) is 5.12. The van der Waals surface area contributed by atoms with E-state index in [-0.39, 0.29) is 0 Å². The number of carbonyl (C=O) groups excluding carboxylic acids is 1. The molecule has 0 atom stereocenters. The lowest BCUT2D eigenvalue weighted by Gasteiger charge is -2.13. The Bertz CT molecular complexity index is 1030. The number of halogens is 1. The lowest BCUT2D eigenvalue weighted by atomic mass is 10.0. The van der Waals surface area contributed by atoms with Gasteiger partial charge in [-0.05, 0) is 18.2 Å². The van der Waals surface area contributed by atoms with Crippen molar-refractivity contribution in [2.45, 2.75) is 0 Å². The zero-order valence-electron chi connectivity index (χ0n) is 16.0. The maximum Gasteiger partial charge on any atom is 0.340 e. The highest BCUT2D eigenvalue weighted by molar-refractivity contribution is 6.30. The Morgan fingerprint density at radius 2 is 1.96 bits per heavy atom. The summed E-state index contributed by atoms with van der Waals surface area (Å²) >= 11 is 6.00. The second kappa shape index (κ2) is 8.22. The molecule has 0 saturated heterocycles. The fourth-order valence-electron chi connectivity index (χ4n) is 2.62. The molecule has 0 amide bonds. The van der Waals surface area contributed by atoms with Crippen molar-refractivity contribution in [3.8, 4) is 22.5 Å². The monoisotopic (exact) mass is 397 g/mol. The van der Waals surface area contributed by atoms with Crippen LogP contribution in [0.2, 0.25) is 5.02 Å². The lowest BCUT2D eigenvalue weighted by Crippen LogP contribution is -2.09. The third-order valence-corrected chi connectivity index (χ3v) is 4.19. The van der Waals surface area contributed by atoms with E-state index in [1.807, 2.05) is 39.5 Å². The molecule has 0 radical (unpaired) electrons. The number of nitrogens with zero attached hydrogens (tertiary/aromatic N) is 5. The van der Waals surface area contributed by atoms with Gasteiger partial charge >= 0.3 is 5.97 Å². The molecule has 7 nitrogen and oxygen atoms in total. The van der Waals surface area contributed by atoms with Gasteiger partial charge < -0.3 is 9.64 Å². The molecule has 28 heavy (non-hydrogen) atoms. The van der Waals surface area contributed by atoms with Crippen molar-refractivity contribution in [3.63, 3.8) is 0 Å². The lowest BCUT2D eigenvalue weighted by molar-refractivity contribution is 0.0601. The van der Waals surface area contributed by atoms with Crippen LogP contribution in [0.25, 0.3) is 22.5 Å². The molecule has 144 valence electrons. The fourth-order valence-corrected chi connectivity index (χ4v) is 2.75. The van der Waals surface area contributed by atoms with E-state index in [1.54, 1.807) is 40.3 Å². The van der Waals surface area contributed by atoms with Crippen LogP contribution in [-0.2, 0) is 11.8 Å². The van der Waals surface area contributed by atoms with Crippen LogP contribution in [0, 0.1) is 0 Å². The molecule has 0 unspecified atom stereocenters. The van der Waals surface area contributed by atoms with Gasteiger partial charge in [-0.3, -0.25) is 4.68 Å². The number of benzene rings is 1. The second-order valence-electron chi connectivity index (χ2n) is 6.36. The fraction of sp³-hybridized carbons (Fsp3) is 0.200. The SMILES string of the molecule is COC(=O)c1cc(-c2ccc(Cl)cc2)nc(-c2cnn(C)c2)c1N=CN(C)C. The Morgan fingerprint density at radius 1 is 1.25 bits per heavy atom. The molecule has 0 bridgehead atoms. The van der Waals surface area contributed by atoms with Gasteiger partial charge in [-0.2, -0.15) is 5.10 Å². The van der Waals surface area contributed by atoms with E-state index in [1.165, 1.54) is 7.11 Å². The van der Waals surface area contributed by atoms with Crippen molar-refractivity contribution in [1.29, 1.82) is 0 Å². The summed E-state index contributed by atoms with van der Waals surface area (Å²) in [6, 6.07) is 8.93. The zero-order valence-corrected chi connectivity index (χ0v) is 16.8. The molecule has 1 aromatic carbocycles. The maximum atomic E-state index is 12.5. The van der Waals surface area contributed by atoms with E-state index in [0.29, 0.717) is 27.7 Å². The number of esters is 1. The van der Waals surface area contributed by atoms with Crippen LogP contribution < -0.4 is 0 Å². The zero-order chi connectivity index (χ0) is 20.3. The molecule has 0 N–H and O–H groups in total. The first-order chi connectivity index (χ1) is 13.4. The predicted molar refractivity (Wildman–Crippen MR) is 110 cm³/mol. The van der Waals surface area contributed by atoms with Crippen LogP contribution >= 0.6 is 11.6 Å². The molecular formula is C20H20ClN5O2. The Morgan fingerprint density at radius 3 is 2.54 bits per heavy atom. The van der Waals surface area contributed by atoms with Crippen molar-refractivity contribution >= 4 is 29.6 Å². The minimum absolute atomic E-state index is 0.319. The molecule has 0 spiro atoms. The Balaban J connectivity index is 2.29. The summed E-state index contributed by atoms with van der Waals surface area (Å²) in [5, 5.41) is 4.84. The molecule has 0 saturated carbocycles. The van der Waals surface area contributed by atoms with E-state index < -0.39 is 5.97 Å². The molecule has 0 aliphatic rings. The van der Waals surface area contributed by atoms with Gasteiger partial charge in [0.25, 0.3) is 0 Å². The van der Waals surface area contributed by atoms with Crippen molar-refractivity contribution in [1.82, 2.24) is 19.7 Å². The number of rotatable bonds is 5. The summed E-state index contributed by atoms with van der Waals surface area (Å²) in [5.41, 5.74) is 3.46. The highest BCUT2D eigenvalue weighted by Gasteiger charge is 2.21. The number of aryl methyl sites for hydroxylation is 1. The normalized spacial score (nSPS) is 11.0. The summed E-state index contributed by atoms with van der Waals surface area (Å²) < 4.78 is 6.66. The average molecular weight is 398 g/mol. The number of pyridine rings is 1. The van der Waals surface area contributed by atoms with Gasteiger partial charge in [0.05, 0.1) is 30.9 Å². The first-order valence-corrected chi connectivity index (χ1v) is 8.85. The number of aromatic nitrogens is 3. The van der Waals surface area contributed by atoms with Crippen LogP contribution in [0.4, 0.5) is 5.69 Å². The van der Waals surface area contributed by atoms with Crippen molar-refractivity contribution < 1.29 is 9.53 Å². The van der Waals surface area contributed by atoms with Crippen LogP contribution in [0.5, 0.6) is 0 Å². The van der Waals surface area contributed by atoms with E-state index >= 15 is 0 Å². The third kappa shape index (κ3) is 4.20. The summed E-state index contributed by atoms with van der Waals surface area (Å²) in [6.45, 7) is 0. The van der Waals surface area contributed by atoms with E-state index in [2.05, 4.69) is 10.1 Å². The number of carbonyl (C=O) groups is 1. The summed E-state index contributed by atoms with van der Waals surface area (Å²) in [5.74, 6) is -0.492. The third-order valence-electron chi connectivity index (χ3n) is 3.93. The Labute approximate surface area is 168 Å². The highest BCUT2D eigenvalue weighted by Crippen LogP contribution is 2.35.